The molecule has 1 nitrogen and oxygen atoms in total. The molecule has 0 aliphatic carbocycles. The molecule has 64 valence electrons. The van der Waals surface area contributed by atoms with Gasteiger partial charge in [-0.15, -0.1) is 0 Å². The van der Waals surface area contributed by atoms with E-state index in [1.807, 2.05) is 26.0 Å². The van der Waals surface area contributed by atoms with Crippen LogP contribution in [0.15, 0.2) is 24.8 Å². The fourth-order valence-electron chi connectivity index (χ4n) is 1.09. The minimum absolute atomic E-state index is 0.926. The summed E-state index contributed by atoms with van der Waals surface area (Å²) < 4.78 is 5.19. The highest BCUT2D eigenvalue weighted by Gasteiger charge is 1.99. The average Bonchev–Trinajstić information content (AvgIpc) is 2.05. The van der Waals surface area contributed by atoms with Crippen LogP contribution in [0.3, 0.4) is 0 Å². The summed E-state index contributed by atoms with van der Waals surface area (Å²) in [6, 6.07) is 6.11. The van der Waals surface area contributed by atoms with E-state index in [1.54, 1.807) is 7.11 Å². The van der Waals surface area contributed by atoms with Crippen LogP contribution >= 0.6 is 0 Å². The summed E-state index contributed by atoms with van der Waals surface area (Å²) in [4.78, 5) is 0. The highest BCUT2D eigenvalue weighted by Crippen LogP contribution is 2.22. The molecule has 1 aromatic rings. The Balaban J connectivity index is 3.13. The molecule has 1 rings (SSSR count). The predicted molar refractivity (Wildman–Crippen MR) is 52.4 cm³/mol. The highest BCUT2D eigenvalue weighted by molar-refractivity contribution is 5.63. The minimum Gasteiger partial charge on any atom is -0.496 e. The van der Waals surface area contributed by atoms with Gasteiger partial charge in [-0.1, -0.05) is 24.3 Å². The standard InChI is InChI=1S/C11H14O/c1-8(2)10-6-5-9(3)11(7-10)12-4/h5-7H,1H2,2-4H3. The number of ether oxygens (including phenoxy) is 1. The van der Waals surface area contributed by atoms with E-state index in [0.717, 1.165) is 22.4 Å². The van der Waals surface area contributed by atoms with Crippen molar-refractivity contribution < 1.29 is 4.74 Å². The van der Waals surface area contributed by atoms with Crippen LogP contribution in [0.25, 0.3) is 5.57 Å². The summed E-state index contributed by atoms with van der Waals surface area (Å²) in [5.74, 6) is 0.926. The number of methoxy groups -OCH3 is 1. The lowest BCUT2D eigenvalue weighted by atomic mass is 10.1. The van der Waals surface area contributed by atoms with Gasteiger partial charge >= 0.3 is 0 Å². The lowest BCUT2D eigenvalue weighted by molar-refractivity contribution is 0.411. The van der Waals surface area contributed by atoms with E-state index in [0.29, 0.717) is 0 Å². The van der Waals surface area contributed by atoms with Crippen LogP contribution in [0.1, 0.15) is 18.1 Å². The van der Waals surface area contributed by atoms with Crippen molar-refractivity contribution in [1.82, 2.24) is 0 Å². The Morgan fingerprint density at radius 2 is 2.08 bits per heavy atom. The van der Waals surface area contributed by atoms with Crippen molar-refractivity contribution in [3.8, 4) is 5.75 Å². The normalized spacial score (nSPS) is 9.58. The Morgan fingerprint density at radius 1 is 1.42 bits per heavy atom. The maximum Gasteiger partial charge on any atom is 0.122 e. The first kappa shape index (κ1) is 8.85. The molecule has 0 unspecified atom stereocenters. The van der Waals surface area contributed by atoms with Crippen LogP contribution in [0.4, 0.5) is 0 Å². The van der Waals surface area contributed by atoms with Gasteiger partial charge < -0.3 is 4.74 Å². The molecule has 0 amide bonds. The molecule has 0 atom stereocenters. The lowest BCUT2D eigenvalue weighted by Crippen LogP contribution is -1.88. The molecule has 1 heteroatoms. The molecule has 0 aliphatic rings. The monoisotopic (exact) mass is 162 g/mol. The first-order valence-electron chi connectivity index (χ1n) is 3.95. The summed E-state index contributed by atoms with van der Waals surface area (Å²) in [6.45, 7) is 7.89. The van der Waals surface area contributed by atoms with Gasteiger partial charge in [-0.2, -0.15) is 0 Å². The van der Waals surface area contributed by atoms with Gasteiger partial charge in [0.15, 0.2) is 0 Å². The molecule has 0 aromatic heterocycles. The third kappa shape index (κ3) is 1.67. The van der Waals surface area contributed by atoms with E-state index >= 15 is 0 Å². The Hall–Kier alpha value is -1.24. The summed E-state index contributed by atoms with van der Waals surface area (Å²) in [5.41, 5.74) is 3.35. The van der Waals surface area contributed by atoms with Crippen LogP contribution in [0.2, 0.25) is 0 Å². The molecule has 0 aliphatic heterocycles. The second kappa shape index (κ2) is 3.44. The van der Waals surface area contributed by atoms with Crippen LogP contribution in [0.5, 0.6) is 5.75 Å². The van der Waals surface area contributed by atoms with Gasteiger partial charge in [0.2, 0.25) is 0 Å². The Labute approximate surface area is 73.7 Å². The average molecular weight is 162 g/mol. The molecule has 0 fully saturated rings. The van der Waals surface area contributed by atoms with Crippen LogP contribution in [-0.4, -0.2) is 7.11 Å². The van der Waals surface area contributed by atoms with Crippen LogP contribution in [-0.2, 0) is 0 Å². The van der Waals surface area contributed by atoms with Gasteiger partial charge in [-0.05, 0) is 31.0 Å². The van der Waals surface area contributed by atoms with Crippen molar-refractivity contribution in [2.75, 3.05) is 7.11 Å². The fraction of sp³-hybridized carbons (Fsp3) is 0.273. The molecule has 0 heterocycles. The summed E-state index contributed by atoms with van der Waals surface area (Å²) in [6.07, 6.45) is 0. The molecule has 0 radical (unpaired) electrons. The zero-order valence-corrected chi connectivity index (χ0v) is 7.85. The van der Waals surface area contributed by atoms with Gasteiger partial charge in [0, 0.05) is 0 Å². The molecule has 1 aromatic carbocycles. The predicted octanol–water partition coefficient (Wildman–Crippen LogP) is 3.04. The molecule has 0 bridgehead atoms. The van der Waals surface area contributed by atoms with E-state index in [4.69, 9.17) is 4.74 Å². The van der Waals surface area contributed by atoms with Crippen LogP contribution in [0, 0.1) is 6.92 Å². The van der Waals surface area contributed by atoms with Crippen molar-refractivity contribution in [1.29, 1.82) is 0 Å². The van der Waals surface area contributed by atoms with Crippen LogP contribution < -0.4 is 4.74 Å². The molecular weight excluding hydrogens is 148 g/mol. The largest absolute Gasteiger partial charge is 0.496 e. The quantitative estimate of drug-likeness (QED) is 0.649. The van der Waals surface area contributed by atoms with E-state index in [9.17, 15) is 0 Å². The Bertz CT molecular complexity index is 300. The van der Waals surface area contributed by atoms with Gasteiger partial charge in [0.25, 0.3) is 0 Å². The fourth-order valence-corrected chi connectivity index (χ4v) is 1.09. The number of allylic oxidation sites excluding steroid dienone is 1. The number of rotatable bonds is 2. The third-order valence-electron chi connectivity index (χ3n) is 1.90. The second-order valence-electron chi connectivity index (χ2n) is 2.96. The molecule has 0 spiro atoms. The third-order valence-corrected chi connectivity index (χ3v) is 1.90. The van der Waals surface area contributed by atoms with Crippen molar-refractivity contribution >= 4 is 5.57 Å². The Morgan fingerprint density at radius 3 is 2.58 bits per heavy atom. The van der Waals surface area contributed by atoms with Crippen molar-refractivity contribution in [3.05, 3.63) is 35.9 Å². The second-order valence-corrected chi connectivity index (χ2v) is 2.96. The zero-order valence-electron chi connectivity index (χ0n) is 7.85. The molecular formula is C11H14O. The Kier molecular flexibility index (Phi) is 2.54. The first-order valence-corrected chi connectivity index (χ1v) is 3.95. The molecule has 0 N–H and O–H groups in total. The number of aryl methyl sites for hydroxylation is 1. The van der Waals surface area contributed by atoms with Gasteiger partial charge in [0.1, 0.15) is 5.75 Å². The van der Waals surface area contributed by atoms with Crippen molar-refractivity contribution in [3.63, 3.8) is 0 Å². The summed E-state index contributed by atoms with van der Waals surface area (Å²) >= 11 is 0. The molecule has 0 saturated heterocycles. The lowest BCUT2D eigenvalue weighted by Gasteiger charge is -2.06. The highest BCUT2D eigenvalue weighted by atomic mass is 16.5. The van der Waals surface area contributed by atoms with Gasteiger partial charge in [-0.25, -0.2) is 0 Å². The smallest absolute Gasteiger partial charge is 0.122 e. The number of benzene rings is 1. The topological polar surface area (TPSA) is 9.23 Å². The van der Waals surface area contributed by atoms with E-state index < -0.39 is 0 Å². The van der Waals surface area contributed by atoms with E-state index in [2.05, 4.69) is 12.6 Å². The first-order chi connectivity index (χ1) is 5.65. The maximum absolute atomic E-state index is 5.19. The number of hydrogen-bond donors (Lipinski definition) is 0. The van der Waals surface area contributed by atoms with Gasteiger partial charge in [-0.3, -0.25) is 0 Å². The van der Waals surface area contributed by atoms with Crippen molar-refractivity contribution in [2.24, 2.45) is 0 Å². The minimum atomic E-state index is 0.926. The SMILES string of the molecule is C=C(C)c1ccc(C)c(OC)c1. The van der Waals surface area contributed by atoms with Gasteiger partial charge in [0.05, 0.1) is 7.11 Å². The van der Waals surface area contributed by atoms with E-state index in [1.165, 1.54) is 0 Å². The number of hydrogen-bond acceptors (Lipinski definition) is 1. The maximum atomic E-state index is 5.19. The summed E-state index contributed by atoms with van der Waals surface area (Å²) in [7, 11) is 1.69. The molecule has 12 heavy (non-hydrogen) atoms. The van der Waals surface area contributed by atoms with E-state index in [-0.39, 0.29) is 0 Å². The zero-order chi connectivity index (χ0) is 9.14. The van der Waals surface area contributed by atoms with Crippen molar-refractivity contribution in [2.45, 2.75) is 13.8 Å². The molecule has 0 saturated carbocycles. The summed E-state index contributed by atoms with van der Waals surface area (Å²) in [5, 5.41) is 0.